The van der Waals surface area contributed by atoms with E-state index >= 15 is 0 Å². The minimum Gasteiger partial charge on any atom is -0.376 e. The minimum atomic E-state index is -1.45. The average molecular weight is 396 g/mol. The number of nitrogens with one attached hydrogen (secondary N) is 1. The van der Waals surface area contributed by atoms with Crippen LogP contribution in [0.4, 0.5) is 13.9 Å². The Labute approximate surface area is 155 Å². The van der Waals surface area contributed by atoms with Gasteiger partial charge in [0.15, 0.2) is 10.6 Å². The summed E-state index contributed by atoms with van der Waals surface area (Å²) in [5.74, 6) is -2.22. The minimum absolute atomic E-state index is 0.121. The summed E-state index contributed by atoms with van der Waals surface area (Å²) in [5.41, 5.74) is -0.993. The van der Waals surface area contributed by atoms with Gasteiger partial charge >= 0.3 is 0 Å². The summed E-state index contributed by atoms with van der Waals surface area (Å²) in [6.07, 6.45) is -0.477. The molecule has 3 rings (SSSR count). The highest BCUT2D eigenvalue weighted by Crippen LogP contribution is 2.34. The topological polar surface area (TPSA) is 88.0 Å². The summed E-state index contributed by atoms with van der Waals surface area (Å²) in [6, 6.07) is 3.40. The highest BCUT2D eigenvalue weighted by Gasteiger charge is 2.33. The molecule has 0 saturated heterocycles. The number of halogens is 2. The number of aromatic nitrogens is 3. The summed E-state index contributed by atoms with van der Waals surface area (Å²) in [4.78, 5) is 16.3. The number of anilines is 1. The van der Waals surface area contributed by atoms with Crippen LogP contribution in [0.5, 0.6) is 0 Å². The fourth-order valence-electron chi connectivity index (χ4n) is 2.16. The number of nitrogens with zero attached hydrogens (tertiary/aromatic N) is 3. The molecule has 1 atom stereocenters. The van der Waals surface area contributed by atoms with Gasteiger partial charge in [0, 0.05) is 16.6 Å². The molecule has 6 nitrogen and oxygen atoms in total. The molecule has 0 bridgehead atoms. The van der Waals surface area contributed by atoms with Crippen molar-refractivity contribution in [3.8, 4) is 0 Å². The molecule has 0 spiro atoms. The number of thiazole rings is 1. The summed E-state index contributed by atoms with van der Waals surface area (Å²) in [7, 11) is 0. The van der Waals surface area contributed by atoms with Crippen molar-refractivity contribution in [1.29, 1.82) is 0 Å². The fourth-order valence-corrected chi connectivity index (χ4v) is 3.89. The van der Waals surface area contributed by atoms with E-state index in [-0.39, 0.29) is 15.7 Å². The predicted octanol–water partition coefficient (Wildman–Crippen LogP) is 3.02. The van der Waals surface area contributed by atoms with Gasteiger partial charge in [0.1, 0.15) is 16.6 Å². The molecule has 1 amide bonds. The molecular weight excluding hydrogens is 382 g/mol. The second kappa shape index (κ2) is 7.14. The SMILES string of the molecule is Cc1csc([C@](C)(O)c2nnc(NC(=O)Cc3c(F)cccc3F)s2)n1. The number of hydrogen-bond donors (Lipinski definition) is 2. The summed E-state index contributed by atoms with van der Waals surface area (Å²) >= 11 is 2.25. The van der Waals surface area contributed by atoms with Crippen LogP contribution >= 0.6 is 22.7 Å². The van der Waals surface area contributed by atoms with Crippen molar-refractivity contribution in [3.05, 3.63) is 56.5 Å². The van der Waals surface area contributed by atoms with Crippen LogP contribution in [0.3, 0.4) is 0 Å². The molecule has 2 heterocycles. The monoisotopic (exact) mass is 396 g/mol. The molecule has 10 heteroatoms. The van der Waals surface area contributed by atoms with Crippen LogP contribution in [-0.4, -0.2) is 26.2 Å². The van der Waals surface area contributed by atoms with Gasteiger partial charge < -0.3 is 10.4 Å². The number of rotatable bonds is 5. The molecule has 2 aromatic heterocycles. The third kappa shape index (κ3) is 3.76. The zero-order chi connectivity index (χ0) is 18.9. The summed E-state index contributed by atoms with van der Waals surface area (Å²) in [5, 5.41) is 23.4. The van der Waals surface area contributed by atoms with Gasteiger partial charge in [-0.05, 0) is 26.0 Å². The number of aryl methyl sites for hydroxylation is 1. The molecule has 136 valence electrons. The summed E-state index contributed by atoms with van der Waals surface area (Å²) in [6.45, 7) is 3.34. The zero-order valence-corrected chi connectivity index (χ0v) is 15.4. The largest absolute Gasteiger partial charge is 0.376 e. The first-order valence-corrected chi connectivity index (χ1v) is 9.18. The number of benzene rings is 1. The Kier molecular flexibility index (Phi) is 5.08. The van der Waals surface area contributed by atoms with Gasteiger partial charge in [0.25, 0.3) is 0 Å². The van der Waals surface area contributed by atoms with Gasteiger partial charge in [-0.25, -0.2) is 13.8 Å². The molecule has 0 aliphatic heterocycles. The zero-order valence-electron chi connectivity index (χ0n) is 13.8. The van der Waals surface area contributed by atoms with Gasteiger partial charge in [-0.2, -0.15) is 0 Å². The fraction of sp³-hybridized carbons (Fsp3) is 0.250. The quantitative estimate of drug-likeness (QED) is 0.692. The first-order chi connectivity index (χ1) is 12.3. The number of hydrogen-bond acceptors (Lipinski definition) is 7. The Morgan fingerprint density at radius 3 is 2.58 bits per heavy atom. The van der Waals surface area contributed by atoms with Crippen LogP contribution in [0.25, 0.3) is 0 Å². The molecule has 2 N–H and O–H groups in total. The number of carbonyl (C=O) groups is 1. The molecular formula is C16H14F2N4O2S2. The maximum Gasteiger partial charge on any atom is 0.230 e. The normalized spacial score (nSPS) is 13.4. The van der Waals surface area contributed by atoms with Crippen LogP contribution in [0.15, 0.2) is 23.6 Å². The third-order valence-electron chi connectivity index (χ3n) is 3.52. The average Bonchev–Trinajstić information content (AvgIpc) is 3.21. The van der Waals surface area contributed by atoms with Gasteiger partial charge in [0.2, 0.25) is 11.0 Å². The van der Waals surface area contributed by atoms with E-state index in [4.69, 9.17) is 0 Å². The number of aliphatic hydroxyl groups is 1. The molecule has 0 radical (unpaired) electrons. The van der Waals surface area contributed by atoms with Gasteiger partial charge in [-0.15, -0.1) is 21.5 Å². The van der Waals surface area contributed by atoms with Crippen molar-refractivity contribution in [2.45, 2.75) is 25.9 Å². The van der Waals surface area contributed by atoms with Crippen molar-refractivity contribution < 1.29 is 18.7 Å². The van der Waals surface area contributed by atoms with Crippen LogP contribution in [0.2, 0.25) is 0 Å². The van der Waals surface area contributed by atoms with E-state index in [1.54, 1.807) is 5.38 Å². The third-order valence-corrected chi connectivity index (χ3v) is 5.74. The Morgan fingerprint density at radius 1 is 1.27 bits per heavy atom. The van der Waals surface area contributed by atoms with E-state index in [9.17, 15) is 18.7 Å². The van der Waals surface area contributed by atoms with Gasteiger partial charge in [0.05, 0.1) is 6.42 Å². The van der Waals surface area contributed by atoms with Crippen molar-refractivity contribution in [2.75, 3.05) is 5.32 Å². The Bertz CT molecular complexity index is 935. The Hall–Kier alpha value is -2.30. The molecule has 0 unspecified atom stereocenters. The lowest BCUT2D eigenvalue weighted by atomic mass is 10.1. The Balaban J connectivity index is 1.73. The van der Waals surface area contributed by atoms with Gasteiger partial charge in [-0.1, -0.05) is 17.4 Å². The maximum absolute atomic E-state index is 13.6. The van der Waals surface area contributed by atoms with E-state index in [0.717, 1.165) is 29.2 Å². The van der Waals surface area contributed by atoms with E-state index in [1.807, 2.05) is 6.92 Å². The highest BCUT2D eigenvalue weighted by molar-refractivity contribution is 7.16. The van der Waals surface area contributed by atoms with Gasteiger partial charge in [-0.3, -0.25) is 4.79 Å². The molecule has 0 fully saturated rings. The van der Waals surface area contributed by atoms with Crippen molar-refractivity contribution in [1.82, 2.24) is 15.2 Å². The lowest BCUT2D eigenvalue weighted by Crippen LogP contribution is -2.22. The van der Waals surface area contributed by atoms with E-state index < -0.39 is 29.6 Å². The smallest absolute Gasteiger partial charge is 0.230 e. The lowest BCUT2D eigenvalue weighted by Gasteiger charge is -2.16. The number of amides is 1. The van der Waals surface area contributed by atoms with E-state index in [1.165, 1.54) is 24.3 Å². The highest BCUT2D eigenvalue weighted by atomic mass is 32.1. The van der Waals surface area contributed by atoms with Crippen LogP contribution in [-0.2, 0) is 16.8 Å². The van der Waals surface area contributed by atoms with Crippen LogP contribution in [0, 0.1) is 18.6 Å². The molecule has 26 heavy (non-hydrogen) atoms. The van der Waals surface area contributed by atoms with Crippen LogP contribution in [0.1, 0.15) is 28.2 Å². The standard InChI is InChI=1S/C16H14F2N4O2S2/c1-8-7-25-13(19-8)16(2,24)14-21-22-15(26-14)20-12(23)6-9-10(17)4-3-5-11(9)18/h3-5,7,24H,6H2,1-2H3,(H,20,22,23)/t16-/m0/s1. The van der Waals surface area contributed by atoms with Crippen molar-refractivity contribution in [2.24, 2.45) is 0 Å². The van der Waals surface area contributed by atoms with Crippen LogP contribution < -0.4 is 5.32 Å². The summed E-state index contributed by atoms with van der Waals surface area (Å²) < 4.78 is 27.2. The molecule has 1 aromatic carbocycles. The van der Waals surface area contributed by atoms with E-state index in [0.29, 0.717) is 5.01 Å². The van der Waals surface area contributed by atoms with Crippen molar-refractivity contribution >= 4 is 33.7 Å². The van der Waals surface area contributed by atoms with Crippen molar-refractivity contribution in [3.63, 3.8) is 0 Å². The number of carbonyl (C=O) groups excluding carboxylic acids is 1. The first-order valence-electron chi connectivity index (χ1n) is 7.49. The molecule has 0 saturated carbocycles. The molecule has 3 aromatic rings. The Morgan fingerprint density at radius 2 is 1.96 bits per heavy atom. The first kappa shape index (κ1) is 18.5. The molecule has 0 aliphatic carbocycles. The van der Waals surface area contributed by atoms with E-state index in [2.05, 4.69) is 20.5 Å². The molecule has 0 aliphatic rings. The lowest BCUT2D eigenvalue weighted by molar-refractivity contribution is -0.115. The second-order valence-electron chi connectivity index (χ2n) is 5.70. The maximum atomic E-state index is 13.6. The second-order valence-corrected chi connectivity index (χ2v) is 7.54. The predicted molar refractivity (Wildman–Crippen MR) is 94.1 cm³/mol.